The highest BCUT2D eigenvalue weighted by atomic mass is 16.5. The highest BCUT2D eigenvalue weighted by Crippen LogP contribution is 2.09. The van der Waals surface area contributed by atoms with Gasteiger partial charge in [0.05, 0.1) is 31.2 Å². The number of hydrogen-bond donors (Lipinski definition) is 3. The van der Waals surface area contributed by atoms with Crippen LogP contribution in [0.15, 0.2) is 72.9 Å². The molecule has 1 rings (SSSR count). The molecule has 8 heteroatoms. The number of hydrogen-bond acceptors (Lipinski definition) is 7. The summed E-state index contributed by atoms with van der Waals surface area (Å²) in [6.45, 7) is 1.83. The molecule has 0 aromatic rings. The maximum absolute atomic E-state index is 11.9. The van der Waals surface area contributed by atoms with Gasteiger partial charge in [0.25, 0.3) is 0 Å². The first-order valence-electron chi connectivity index (χ1n) is 12.2. The highest BCUT2D eigenvalue weighted by molar-refractivity contribution is 5.82. The lowest BCUT2D eigenvalue weighted by atomic mass is 10.1. The minimum atomic E-state index is -1.08. The molecule has 198 valence electrons. The van der Waals surface area contributed by atoms with Crippen LogP contribution in [-0.4, -0.2) is 57.6 Å². The number of carbonyl (C=O) groups excluding carboxylic acids is 2. The highest BCUT2D eigenvalue weighted by Gasteiger charge is 2.12. The smallest absolute Gasteiger partial charge is 0.331 e. The zero-order valence-corrected chi connectivity index (χ0v) is 20.8. The second kappa shape index (κ2) is 19.0. The summed E-state index contributed by atoms with van der Waals surface area (Å²) >= 11 is 0. The summed E-state index contributed by atoms with van der Waals surface area (Å²) in [6.07, 6.45) is 20.5. The van der Waals surface area contributed by atoms with Crippen LogP contribution < -0.4 is 0 Å². The summed E-state index contributed by atoms with van der Waals surface area (Å²) in [5.41, 5.74) is 0. The van der Waals surface area contributed by atoms with Crippen LogP contribution >= 0.6 is 0 Å². The number of aliphatic hydroxyl groups excluding tert-OH is 2. The van der Waals surface area contributed by atoms with Gasteiger partial charge in [0.2, 0.25) is 0 Å². The molecule has 0 bridgehead atoms. The molecule has 0 fully saturated rings. The van der Waals surface area contributed by atoms with Crippen LogP contribution in [0.3, 0.4) is 0 Å². The summed E-state index contributed by atoms with van der Waals surface area (Å²) < 4.78 is 10.7. The molecular formula is C28H38O8. The lowest BCUT2D eigenvalue weighted by molar-refractivity contribution is -0.150. The molecule has 1 aliphatic rings. The first-order chi connectivity index (χ1) is 17.3. The largest absolute Gasteiger partial charge is 0.481 e. The fourth-order valence-corrected chi connectivity index (χ4v) is 3.17. The van der Waals surface area contributed by atoms with Gasteiger partial charge in [-0.25, -0.2) is 4.79 Å². The molecule has 0 aliphatic carbocycles. The normalized spacial score (nSPS) is 25.1. The van der Waals surface area contributed by atoms with E-state index < -0.39 is 36.2 Å². The van der Waals surface area contributed by atoms with E-state index in [4.69, 9.17) is 14.6 Å². The third-order valence-corrected chi connectivity index (χ3v) is 5.05. The lowest BCUT2D eigenvalue weighted by Gasteiger charge is -2.12. The van der Waals surface area contributed by atoms with Crippen molar-refractivity contribution in [2.24, 2.45) is 0 Å². The Hall–Kier alpha value is -3.23. The van der Waals surface area contributed by atoms with Crippen LogP contribution in [0.2, 0.25) is 0 Å². The first-order valence-corrected chi connectivity index (χ1v) is 12.2. The first kappa shape index (κ1) is 30.8. The van der Waals surface area contributed by atoms with E-state index in [1.165, 1.54) is 6.08 Å². The Labute approximate surface area is 213 Å². The Kier molecular flexibility index (Phi) is 16.3. The van der Waals surface area contributed by atoms with Crippen LogP contribution in [0.4, 0.5) is 0 Å². The number of allylic oxidation sites excluding steroid dienone is 7. The van der Waals surface area contributed by atoms with E-state index in [1.54, 1.807) is 54.7 Å². The summed E-state index contributed by atoms with van der Waals surface area (Å²) in [5, 5.41) is 28.9. The molecule has 0 amide bonds. The average Bonchev–Trinajstić information content (AvgIpc) is 2.80. The van der Waals surface area contributed by atoms with Crippen molar-refractivity contribution >= 4 is 17.9 Å². The van der Waals surface area contributed by atoms with Crippen molar-refractivity contribution in [1.82, 2.24) is 0 Å². The molecule has 4 atom stereocenters. The Morgan fingerprint density at radius 1 is 0.972 bits per heavy atom. The van der Waals surface area contributed by atoms with Gasteiger partial charge in [0, 0.05) is 18.9 Å². The maximum Gasteiger partial charge on any atom is 0.331 e. The third-order valence-electron chi connectivity index (χ3n) is 5.05. The van der Waals surface area contributed by atoms with Crippen molar-refractivity contribution < 1.29 is 39.2 Å². The van der Waals surface area contributed by atoms with Crippen LogP contribution in [0.5, 0.6) is 0 Å². The van der Waals surface area contributed by atoms with Crippen molar-refractivity contribution in [3.05, 3.63) is 72.9 Å². The molecule has 1 unspecified atom stereocenters. The molecule has 0 aromatic carbocycles. The Bertz CT molecular complexity index is 850. The van der Waals surface area contributed by atoms with E-state index in [0.29, 0.717) is 19.3 Å². The predicted molar refractivity (Wildman–Crippen MR) is 137 cm³/mol. The zero-order valence-electron chi connectivity index (χ0n) is 20.8. The molecule has 0 aromatic heterocycles. The van der Waals surface area contributed by atoms with Gasteiger partial charge in [-0.3, -0.25) is 9.59 Å². The summed E-state index contributed by atoms with van der Waals surface area (Å²) in [5.74, 6) is -2.16. The quantitative estimate of drug-likeness (QED) is 0.490. The van der Waals surface area contributed by atoms with Gasteiger partial charge in [-0.1, -0.05) is 60.8 Å². The zero-order chi connectivity index (χ0) is 26.6. The van der Waals surface area contributed by atoms with Crippen molar-refractivity contribution in [3.63, 3.8) is 0 Å². The summed E-state index contributed by atoms with van der Waals surface area (Å²) in [7, 11) is 0. The number of esters is 2. The second-order valence-electron chi connectivity index (χ2n) is 8.44. The van der Waals surface area contributed by atoms with Crippen LogP contribution in [0, 0.1) is 0 Å². The SMILES string of the molecule is CC1CCCC=CC=C[C@H](O)C[C@@H](O)CC=CC=C[C@@H](OC(=O)CCC(=O)O)CC=CC=CC(=O)O1. The number of carboxylic acids is 1. The average molecular weight is 503 g/mol. The van der Waals surface area contributed by atoms with Crippen molar-refractivity contribution in [3.8, 4) is 0 Å². The third kappa shape index (κ3) is 17.2. The Morgan fingerprint density at radius 2 is 1.67 bits per heavy atom. The minimum absolute atomic E-state index is 0.198. The number of carbonyl (C=O) groups is 3. The second-order valence-corrected chi connectivity index (χ2v) is 8.44. The number of aliphatic carboxylic acids is 1. The number of ether oxygens (including phenoxy) is 2. The van der Waals surface area contributed by atoms with E-state index in [2.05, 4.69) is 0 Å². The number of aliphatic hydroxyl groups is 2. The molecule has 1 heterocycles. The molecule has 8 nitrogen and oxygen atoms in total. The molecule has 0 spiro atoms. The number of carboxylic acid groups (broad SMARTS) is 1. The van der Waals surface area contributed by atoms with E-state index >= 15 is 0 Å². The topological polar surface area (TPSA) is 130 Å². The predicted octanol–water partition coefficient (Wildman–Crippen LogP) is 4.11. The Morgan fingerprint density at radius 3 is 2.44 bits per heavy atom. The summed E-state index contributed by atoms with van der Waals surface area (Å²) in [6, 6.07) is 0. The van der Waals surface area contributed by atoms with E-state index in [1.807, 2.05) is 19.1 Å². The molecule has 1 aliphatic heterocycles. The van der Waals surface area contributed by atoms with Gasteiger partial charge >= 0.3 is 17.9 Å². The van der Waals surface area contributed by atoms with Gasteiger partial charge < -0.3 is 24.8 Å². The van der Waals surface area contributed by atoms with E-state index in [9.17, 15) is 24.6 Å². The Balaban J connectivity index is 2.86. The molecule has 0 saturated heterocycles. The van der Waals surface area contributed by atoms with Crippen molar-refractivity contribution in [2.75, 3.05) is 0 Å². The van der Waals surface area contributed by atoms with Gasteiger partial charge in [0.15, 0.2) is 0 Å². The van der Waals surface area contributed by atoms with Crippen molar-refractivity contribution in [2.45, 2.75) is 82.7 Å². The van der Waals surface area contributed by atoms with Crippen LogP contribution in [-0.2, 0) is 23.9 Å². The fraction of sp³-hybridized carbons (Fsp3) is 0.464. The van der Waals surface area contributed by atoms with E-state index in [-0.39, 0.29) is 25.4 Å². The van der Waals surface area contributed by atoms with Crippen molar-refractivity contribution in [1.29, 1.82) is 0 Å². The molecular weight excluding hydrogens is 464 g/mol. The molecule has 0 radical (unpaired) electrons. The summed E-state index contributed by atoms with van der Waals surface area (Å²) in [4.78, 5) is 34.6. The van der Waals surface area contributed by atoms with Gasteiger partial charge in [-0.15, -0.1) is 0 Å². The molecule has 36 heavy (non-hydrogen) atoms. The monoisotopic (exact) mass is 502 g/mol. The lowest BCUT2D eigenvalue weighted by Crippen LogP contribution is -2.16. The van der Waals surface area contributed by atoms with Crippen LogP contribution in [0.1, 0.15) is 58.3 Å². The number of cyclic esters (lactones) is 1. The molecule has 3 N–H and O–H groups in total. The number of rotatable bonds is 4. The minimum Gasteiger partial charge on any atom is -0.481 e. The standard InChI is InChI=1S/C28H38O8/c1-22-13-7-3-2-4-8-14-23(29)21-24(30)15-9-5-10-16-25(36-28(34)20-19-26(31)32)17-11-6-12-18-27(33)35-22/h2,4-6,8-12,14,16,18,22-25,29-30H,3,7,13,15,17,19-21H2,1H3,(H,31,32)/t22?,23-,24-,25+/m0/s1. The van der Waals surface area contributed by atoms with E-state index in [0.717, 1.165) is 12.8 Å². The fourth-order valence-electron chi connectivity index (χ4n) is 3.17. The van der Waals surface area contributed by atoms with Gasteiger partial charge in [-0.05, 0) is 38.7 Å². The maximum atomic E-state index is 11.9. The van der Waals surface area contributed by atoms with Gasteiger partial charge in [0.1, 0.15) is 6.10 Å². The van der Waals surface area contributed by atoms with Crippen LogP contribution in [0.25, 0.3) is 0 Å². The van der Waals surface area contributed by atoms with Gasteiger partial charge in [-0.2, -0.15) is 0 Å². The molecule has 0 saturated carbocycles.